The highest BCUT2D eigenvalue weighted by Crippen LogP contribution is 2.31. The maximum Gasteiger partial charge on any atom is 0.254 e. The summed E-state index contributed by atoms with van der Waals surface area (Å²) < 4.78 is 30.5. The fraction of sp³-hybridized carbons (Fsp3) is 0.562. The summed E-state index contributed by atoms with van der Waals surface area (Å²) in [7, 11) is -3.26. The first-order valence-electron chi connectivity index (χ1n) is 7.91. The van der Waals surface area contributed by atoms with Crippen LogP contribution in [0.4, 0.5) is 5.69 Å². The maximum absolute atomic E-state index is 12.7. The van der Waals surface area contributed by atoms with Crippen LogP contribution in [0.25, 0.3) is 0 Å². The van der Waals surface area contributed by atoms with Crippen LogP contribution in [0, 0.1) is 0 Å². The Morgan fingerprint density at radius 1 is 1.35 bits per heavy atom. The smallest absolute Gasteiger partial charge is 0.254 e. The minimum absolute atomic E-state index is 0.00708. The van der Waals surface area contributed by atoms with Gasteiger partial charge in [-0.15, -0.1) is 0 Å². The molecule has 0 bridgehead atoms. The van der Waals surface area contributed by atoms with E-state index in [1.165, 1.54) is 10.6 Å². The number of hydrogen-bond acceptors (Lipinski definition) is 4. The number of benzene rings is 1. The first-order chi connectivity index (χ1) is 10.9. The zero-order chi connectivity index (χ0) is 16.6. The SMILES string of the molecule is CC[C@H]1CN(C(=O)c2ccc3c(c2)CCN3S(C)(=O)=O)CCO1. The van der Waals surface area contributed by atoms with E-state index in [-0.39, 0.29) is 12.0 Å². The number of hydrogen-bond donors (Lipinski definition) is 0. The van der Waals surface area contributed by atoms with Crippen molar-refractivity contribution in [3.8, 4) is 0 Å². The number of sulfonamides is 1. The summed E-state index contributed by atoms with van der Waals surface area (Å²) >= 11 is 0. The highest BCUT2D eigenvalue weighted by atomic mass is 32.2. The first kappa shape index (κ1) is 16.3. The molecule has 1 fully saturated rings. The van der Waals surface area contributed by atoms with Crippen molar-refractivity contribution in [3.63, 3.8) is 0 Å². The van der Waals surface area contributed by atoms with Crippen LogP contribution in [0.1, 0.15) is 29.3 Å². The molecule has 1 saturated heterocycles. The van der Waals surface area contributed by atoms with Crippen molar-refractivity contribution >= 4 is 21.6 Å². The van der Waals surface area contributed by atoms with Gasteiger partial charge in [0, 0.05) is 25.2 Å². The molecule has 1 atom stereocenters. The molecule has 0 unspecified atom stereocenters. The van der Waals surface area contributed by atoms with Crippen molar-refractivity contribution in [2.45, 2.75) is 25.9 Å². The second kappa shape index (κ2) is 6.13. The van der Waals surface area contributed by atoms with Crippen molar-refractivity contribution < 1.29 is 17.9 Å². The fourth-order valence-electron chi connectivity index (χ4n) is 3.18. The predicted molar refractivity (Wildman–Crippen MR) is 88.3 cm³/mol. The minimum Gasteiger partial charge on any atom is -0.375 e. The van der Waals surface area contributed by atoms with E-state index in [2.05, 4.69) is 0 Å². The Balaban J connectivity index is 1.81. The lowest BCUT2D eigenvalue weighted by Crippen LogP contribution is -2.45. The predicted octanol–water partition coefficient (Wildman–Crippen LogP) is 1.26. The summed E-state index contributed by atoms with van der Waals surface area (Å²) in [5.41, 5.74) is 2.23. The standard InChI is InChI=1S/C16H22N2O4S/c1-3-14-11-17(8-9-22-14)16(19)13-4-5-15-12(10-13)6-7-18(15)23(2,20)21/h4-5,10,14H,3,6-9,11H2,1-2H3/t14-/m0/s1. The molecule has 0 radical (unpaired) electrons. The summed E-state index contributed by atoms with van der Waals surface area (Å²) in [6.45, 7) is 4.27. The third-order valence-corrected chi connectivity index (χ3v) is 5.64. The Morgan fingerprint density at radius 3 is 2.83 bits per heavy atom. The van der Waals surface area contributed by atoms with E-state index in [1.54, 1.807) is 12.1 Å². The van der Waals surface area contributed by atoms with Gasteiger partial charge in [0.2, 0.25) is 10.0 Å². The lowest BCUT2D eigenvalue weighted by Gasteiger charge is -2.32. The molecule has 0 spiro atoms. The number of amides is 1. The van der Waals surface area contributed by atoms with Crippen LogP contribution in [0.5, 0.6) is 0 Å². The van der Waals surface area contributed by atoms with E-state index < -0.39 is 10.0 Å². The number of carbonyl (C=O) groups is 1. The van der Waals surface area contributed by atoms with Gasteiger partial charge in [0.25, 0.3) is 5.91 Å². The molecule has 1 aromatic rings. The third kappa shape index (κ3) is 3.21. The van der Waals surface area contributed by atoms with Gasteiger partial charge < -0.3 is 9.64 Å². The Hall–Kier alpha value is -1.60. The van der Waals surface area contributed by atoms with Crippen LogP contribution in [-0.4, -0.2) is 57.8 Å². The van der Waals surface area contributed by atoms with Crippen LogP contribution in [0.2, 0.25) is 0 Å². The van der Waals surface area contributed by atoms with Crippen molar-refractivity contribution in [1.29, 1.82) is 0 Å². The average Bonchev–Trinajstić information content (AvgIpc) is 2.97. The average molecular weight is 338 g/mol. The van der Waals surface area contributed by atoms with Crippen LogP contribution in [0.15, 0.2) is 18.2 Å². The lowest BCUT2D eigenvalue weighted by atomic mass is 10.1. The number of morpholine rings is 1. The summed E-state index contributed by atoms with van der Waals surface area (Å²) in [4.78, 5) is 14.5. The van der Waals surface area contributed by atoms with Gasteiger partial charge in [-0.25, -0.2) is 8.42 Å². The van der Waals surface area contributed by atoms with Crippen LogP contribution >= 0.6 is 0 Å². The Bertz CT molecular complexity index is 717. The molecule has 0 aromatic heterocycles. The van der Waals surface area contributed by atoms with Crippen LogP contribution in [0.3, 0.4) is 0 Å². The van der Waals surface area contributed by atoms with Gasteiger partial charge >= 0.3 is 0 Å². The molecule has 0 N–H and O–H groups in total. The van der Waals surface area contributed by atoms with E-state index in [4.69, 9.17) is 4.74 Å². The minimum atomic E-state index is -3.26. The molecule has 23 heavy (non-hydrogen) atoms. The highest BCUT2D eigenvalue weighted by molar-refractivity contribution is 7.92. The lowest BCUT2D eigenvalue weighted by molar-refractivity contribution is -0.0226. The number of rotatable bonds is 3. The summed E-state index contributed by atoms with van der Waals surface area (Å²) in [6.07, 6.45) is 2.84. The van der Waals surface area contributed by atoms with Crippen molar-refractivity contribution in [2.75, 3.05) is 36.8 Å². The number of nitrogens with zero attached hydrogens (tertiary/aromatic N) is 2. The Morgan fingerprint density at radius 2 is 2.13 bits per heavy atom. The Labute approximate surface area is 137 Å². The topological polar surface area (TPSA) is 66.9 Å². The van der Waals surface area contributed by atoms with Crippen molar-refractivity contribution in [2.24, 2.45) is 0 Å². The molecule has 0 aliphatic carbocycles. The monoisotopic (exact) mass is 338 g/mol. The normalized spacial score (nSPS) is 21.4. The van der Waals surface area contributed by atoms with E-state index in [9.17, 15) is 13.2 Å². The number of anilines is 1. The molecule has 0 saturated carbocycles. The molecule has 3 rings (SSSR count). The molecule has 2 aliphatic heterocycles. The Kier molecular flexibility index (Phi) is 4.33. The second-order valence-corrected chi connectivity index (χ2v) is 7.99. The molecule has 2 heterocycles. The van der Waals surface area contributed by atoms with Gasteiger partial charge in [-0.2, -0.15) is 0 Å². The van der Waals surface area contributed by atoms with Crippen molar-refractivity contribution in [3.05, 3.63) is 29.3 Å². The van der Waals surface area contributed by atoms with Gasteiger partial charge in [-0.05, 0) is 36.6 Å². The van der Waals surface area contributed by atoms with Crippen LogP contribution in [-0.2, 0) is 21.2 Å². The summed E-state index contributed by atoms with van der Waals surface area (Å²) in [6, 6.07) is 5.30. The number of ether oxygens (including phenoxy) is 1. The third-order valence-electron chi connectivity index (χ3n) is 4.46. The molecule has 1 aromatic carbocycles. The first-order valence-corrected chi connectivity index (χ1v) is 9.76. The number of carbonyl (C=O) groups excluding carboxylic acids is 1. The molecule has 6 nitrogen and oxygen atoms in total. The molecule has 2 aliphatic rings. The second-order valence-electron chi connectivity index (χ2n) is 6.08. The van der Waals surface area contributed by atoms with E-state index in [0.29, 0.717) is 43.9 Å². The molecule has 7 heteroatoms. The van der Waals surface area contributed by atoms with Gasteiger partial charge in [0.15, 0.2) is 0 Å². The number of fused-ring (bicyclic) bond motifs is 1. The maximum atomic E-state index is 12.7. The zero-order valence-electron chi connectivity index (χ0n) is 13.5. The van der Waals surface area contributed by atoms with Gasteiger partial charge in [0.05, 0.1) is 24.7 Å². The largest absolute Gasteiger partial charge is 0.375 e. The highest BCUT2D eigenvalue weighted by Gasteiger charge is 2.28. The van der Waals surface area contributed by atoms with Gasteiger partial charge in [-0.3, -0.25) is 9.10 Å². The quantitative estimate of drug-likeness (QED) is 0.832. The molecular formula is C16H22N2O4S. The zero-order valence-corrected chi connectivity index (χ0v) is 14.3. The van der Waals surface area contributed by atoms with Crippen molar-refractivity contribution in [1.82, 2.24) is 4.90 Å². The summed E-state index contributed by atoms with van der Waals surface area (Å²) in [5.74, 6) is -0.00708. The molecule has 1 amide bonds. The summed E-state index contributed by atoms with van der Waals surface area (Å²) in [5, 5.41) is 0. The van der Waals surface area contributed by atoms with E-state index >= 15 is 0 Å². The van der Waals surface area contributed by atoms with Gasteiger partial charge in [0.1, 0.15) is 0 Å². The van der Waals surface area contributed by atoms with Crippen LogP contribution < -0.4 is 4.31 Å². The molecular weight excluding hydrogens is 316 g/mol. The van der Waals surface area contributed by atoms with Gasteiger partial charge in [-0.1, -0.05) is 6.92 Å². The van der Waals surface area contributed by atoms with E-state index in [1.807, 2.05) is 17.9 Å². The fourth-order valence-corrected chi connectivity index (χ4v) is 4.14. The molecule has 126 valence electrons. The van der Waals surface area contributed by atoms with E-state index in [0.717, 1.165) is 12.0 Å².